The number of anilines is 1. The van der Waals surface area contributed by atoms with E-state index in [-0.39, 0.29) is 12.1 Å². The van der Waals surface area contributed by atoms with Gasteiger partial charge in [-0.3, -0.25) is 0 Å². The first-order valence-corrected chi connectivity index (χ1v) is 9.26. The normalized spacial score (nSPS) is 17.9. The van der Waals surface area contributed by atoms with Gasteiger partial charge < -0.3 is 10.2 Å². The van der Waals surface area contributed by atoms with Crippen LogP contribution in [0.15, 0.2) is 42.5 Å². The van der Waals surface area contributed by atoms with Crippen molar-refractivity contribution in [2.45, 2.75) is 52.5 Å². The molecule has 0 saturated carbocycles. The molecule has 1 saturated heterocycles. The summed E-state index contributed by atoms with van der Waals surface area (Å²) in [6.07, 6.45) is 4.47. The molecule has 0 spiro atoms. The fraction of sp³-hybridized carbons (Fsp3) is 0.409. The monoisotopic (exact) mass is 336 g/mol. The molecule has 0 aromatic heterocycles. The maximum atomic E-state index is 13.1. The average Bonchev–Trinajstić information content (AvgIpc) is 2.84. The van der Waals surface area contributed by atoms with Gasteiger partial charge >= 0.3 is 6.03 Å². The lowest BCUT2D eigenvalue weighted by molar-refractivity contribution is 0.189. The molecule has 1 fully saturated rings. The first-order chi connectivity index (χ1) is 12.0. The third-order valence-corrected chi connectivity index (χ3v) is 5.08. The fourth-order valence-corrected chi connectivity index (χ4v) is 3.63. The molecule has 3 nitrogen and oxygen atoms in total. The Morgan fingerprint density at radius 3 is 2.60 bits per heavy atom. The smallest absolute Gasteiger partial charge is 0.317 e. The van der Waals surface area contributed by atoms with Gasteiger partial charge in [-0.1, -0.05) is 54.8 Å². The third-order valence-electron chi connectivity index (χ3n) is 5.08. The number of likely N-dealkylation sites (tertiary alicyclic amines) is 1. The number of nitrogens with zero attached hydrogens (tertiary/aromatic N) is 1. The zero-order valence-electron chi connectivity index (χ0n) is 15.5. The van der Waals surface area contributed by atoms with Crippen molar-refractivity contribution in [2.75, 3.05) is 11.9 Å². The second-order valence-electron chi connectivity index (χ2n) is 7.22. The Hall–Kier alpha value is -2.29. The summed E-state index contributed by atoms with van der Waals surface area (Å²) >= 11 is 0. The van der Waals surface area contributed by atoms with Gasteiger partial charge in [-0.05, 0) is 56.4 Å². The summed E-state index contributed by atoms with van der Waals surface area (Å²) in [5.74, 6) is 0. The first-order valence-electron chi connectivity index (χ1n) is 9.26. The molecule has 0 radical (unpaired) electrons. The predicted molar refractivity (Wildman–Crippen MR) is 104 cm³/mol. The molecule has 1 N–H and O–H groups in total. The standard InChI is InChI=1S/C22H28N2O/c1-16-8-7-9-19(14-16)21-10-5-4-6-13-24(21)22(25)23-20-15-17(2)11-12-18(20)3/h7-9,11-12,14-15,21H,4-6,10,13H2,1-3H3,(H,23,25)/t21-/m0/s1. The van der Waals surface area contributed by atoms with Crippen molar-refractivity contribution >= 4 is 11.7 Å². The minimum atomic E-state index is 0.0158. The van der Waals surface area contributed by atoms with Crippen molar-refractivity contribution < 1.29 is 4.79 Å². The number of carbonyl (C=O) groups excluding carboxylic acids is 1. The molecule has 1 heterocycles. The number of urea groups is 1. The number of hydrogen-bond donors (Lipinski definition) is 1. The van der Waals surface area contributed by atoms with Gasteiger partial charge in [0.25, 0.3) is 0 Å². The van der Waals surface area contributed by atoms with E-state index in [1.807, 2.05) is 17.9 Å². The summed E-state index contributed by atoms with van der Waals surface area (Å²) in [5.41, 5.74) is 5.67. The largest absolute Gasteiger partial charge is 0.322 e. The minimum Gasteiger partial charge on any atom is -0.317 e. The van der Waals surface area contributed by atoms with E-state index in [9.17, 15) is 4.79 Å². The number of benzene rings is 2. The molecule has 0 aliphatic carbocycles. The highest BCUT2D eigenvalue weighted by Gasteiger charge is 2.27. The van der Waals surface area contributed by atoms with Crippen molar-refractivity contribution in [3.63, 3.8) is 0 Å². The first kappa shape index (κ1) is 17.5. The Labute approximate surface area is 151 Å². The SMILES string of the molecule is Cc1cccc([C@@H]2CCCCCN2C(=O)Nc2cc(C)ccc2C)c1. The highest BCUT2D eigenvalue weighted by Crippen LogP contribution is 2.31. The molecule has 2 amide bonds. The van der Waals surface area contributed by atoms with E-state index in [0.717, 1.165) is 36.2 Å². The lowest BCUT2D eigenvalue weighted by atomic mass is 9.99. The summed E-state index contributed by atoms with van der Waals surface area (Å²) < 4.78 is 0. The Morgan fingerprint density at radius 2 is 1.80 bits per heavy atom. The predicted octanol–water partition coefficient (Wildman–Crippen LogP) is 5.76. The van der Waals surface area contributed by atoms with E-state index < -0.39 is 0 Å². The topological polar surface area (TPSA) is 32.3 Å². The van der Waals surface area contributed by atoms with Crippen LogP contribution in [-0.4, -0.2) is 17.5 Å². The molecule has 1 atom stereocenters. The summed E-state index contributed by atoms with van der Waals surface area (Å²) in [6.45, 7) is 7.02. The summed E-state index contributed by atoms with van der Waals surface area (Å²) in [7, 11) is 0. The van der Waals surface area contributed by atoms with Crippen LogP contribution in [-0.2, 0) is 0 Å². The number of nitrogens with one attached hydrogen (secondary N) is 1. The average molecular weight is 336 g/mol. The number of carbonyl (C=O) groups is 1. The van der Waals surface area contributed by atoms with Crippen LogP contribution < -0.4 is 5.32 Å². The molecule has 132 valence electrons. The molecule has 1 aliphatic rings. The van der Waals surface area contributed by atoms with Gasteiger partial charge in [0.15, 0.2) is 0 Å². The van der Waals surface area contributed by atoms with Crippen molar-refractivity contribution in [3.05, 3.63) is 64.7 Å². The molecular weight excluding hydrogens is 308 g/mol. The third kappa shape index (κ3) is 4.22. The van der Waals surface area contributed by atoms with Gasteiger partial charge in [-0.2, -0.15) is 0 Å². The van der Waals surface area contributed by atoms with Crippen LogP contribution in [0.2, 0.25) is 0 Å². The quantitative estimate of drug-likeness (QED) is 0.743. The van der Waals surface area contributed by atoms with Gasteiger partial charge in [0.2, 0.25) is 0 Å². The van der Waals surface area contributed by atoms with E-state index in [2.05, 4.69) is 55.6 Å². The van der Waals surface area contributed by atoms with Gasteiger partial charge in [0.1, 0.15) is 0 Å². The van der Waals surface area contributed by atoms with E-state index in [1.54, 1.807) is 0 Å². The lowest BCUT2D eigenvalue weighted by Crippen LogP contribution is -2.38. The summed E-state index contributed by atoms with van der Waals surface area (Å²) in [5, 5.41) is 3.15. The number of amides is 2. The summed E-state index contributed by atoms with van der Waals surface area (Å²) in [4.78, 5) is 15.1. The molecule has 0 bridgehead atoms. The molecule has 25 heavy (non-hydrogen) atoms. The molecular formula is C22H28N2O. The Bertz CT molecular complexity index is 753. The molecule has 0 unspecified atom stereocenters. The van der Waals surface area contributed by atoms with Crippen LogP contribution >= 0.6 is 0 Å². The Morgan fingerprint density at radius 1 is 1.00 bits per heavy atom. The van der Waals surface area contributed by atoms with E-state index in [0.29, 0.717) is 0 Å². The maximum Gasteiger partial charge on any atom is 0.322 e. The van der Waals surface area contributed by atoms with E-state index >= 15 is 0 Å². The van der Waals surface area contributed by atoms with Crippen LogP contribution in [0.4, 0.5) is 10.5 Å². The molecule has 3 heteroatoms. The minimum absolute atomic E-state index is 0.0158. The maximum absolute atomic E-state index is 13.1. The fourth-order valence-electron chi connectivity index (χ4n) is 3.63. The Kier molecular flexibility index (Phi) is 5.42. The van der Waals surface area contributed by atoms with Crippen LogP contribution in [0, 0.1) is 20.8 Å². The molecule has 2 aromatic rings. The number of rotatable bonds is 2. The van der Waals surface area contributed by atoms with Crippen molar-refractivity contribution in [3.8, 4) is 0 Å². The van der Waals surface area contributed by atoms with Crippen LogP contribution in [0.3, 0.4) is 0 Å². The van der Waals surface area contributed by atoms with E-state index in [1.165, 1.54) is 24.0 Å². The zero-order chi connectivity index (χ0) is 17.8. The van der Waals surface area contributed by atoms with Crippen molar-refractivity contribution in [1.29, 1.82) is 0 Å². The molecule has 3 rings (SSSR count). The second-order valence-corrected chi connectivity index (χ2v) is 7.22. The van der Waals surface area contributed by atoms with Gasteiger partial charge in [0.05, 0.1) is 6.04 Å². The summed E-state index contributed by atoms with van der Waals surface area (Å²) in [6, 6.07) is 14.9. The zero-order valence-corrected chi connectivity index (χ0v) is 15.5. The molecule has 1 aliphatic heterocycles. The van der Waals surface area contributed by atoms with Gasteiger partial charge in [0, 0.05) is 12.2 Å². The van der Waals surface area contributed by atoms with Gasteiger partial charge in [-0.15, -0.1) is 0 Å². The van der Waals surface area contributed by atoms with Crippen LogP contribution in [0.5, 0.6) is 0 Å². The second kappa shape index (κ2) is 7.73. The van der Waals surface area contributed by atoms with Crippen molar-refractivity contribution in [2.24, 2.45) is 0 Å². The Balaban J connectivity index is 1.85. The number of hydrogen-bond acceptors (Lipinski definition) is 1. The highest BCUT2D eigenvalue weighted by atomic mass is 16.2. The van der Waals surface area contributed by atoms with E-state index in [4.69, 9.17) is 0 Å². The highest BCUT2D eigenvalue weighted by molar-refractivity contribution is 5.90. The van der Waals surface area contributed by atoms with Crippen LogP contribution in [0.25, 0.3) is 0 Å². The van der Waals surface area contributed by atoms with Gasteiger partial charge in [-0.25, -0.2) is 4.79 Å². The molecule has 2 aromatic carbocycles. The van der Waals surface area contributed by atoms with Crippen molar-refractivity contribution in [1.82, 2.24) is 4.90 Å². The number of aryl methyl sites for hydroxylation is 3. The lowest BCUT2D eigenvalue weighted by Gasteiger charge is -2.31. The van der Waals surface area contributed by atoms with Crippen LogP contribution in [0.1, 0.15) is 54.0 Å².